The third-order valence-corrected chi connectivity index (χ3v) is 2.93. The van der Waals surface area contributed by atoms with Gasteiger partial charge in [0.15, 0.2) is 0 Å². The van der Waals surface area contributed by atoms with Gasteiger partial charge in [-0.25, -0.2) is 5.43 Å². The fourth-order valence-corrected chi connectivity index (χ4v) is 1.95. The Kier molecular flexibility index (Phi) is 3.88. The molecule has 19 heavy (non-hydrogen) atoms. The van der Waals surface area contributed by atoms with Crippen LogP contribution in [0.3, 0.4) is 0 Å². The van der Waals surface area contributed by atoms with Gasteiger partial charge in [0.05, 0.1) is 26.5 Å². The Bertz CT molecular complexity index is 555. The molecular weight excluding hydrogens is 246 g/mol. The Morgan fingerprint density at radius 1 is 1.26 bits per heavy atom. The maximum absolute atomic E-state index is 5.83. The molecule has 7 heteroatoms. The minimum Gasteiger partial charge on any atom is -0.497 e. The molecule has 102 valence electrons. The van der Waals surface area contributed by atoms with Crippen molar-refractivity contribution in [2.24, 2.45) is 5.84 Å². The third kappa shape index (κ3) is 2.47. The second-order valence-electron chi connectivity index (χ2n) is 3.95. The van der Waals surface area contributed by atoms with Crippen molar-refractivity contribution in [2.45, 2.75) is 6.04 Å². The molecular formula is C12H17N5O2. The number of benzene rings is 1. The number of nitrogen functional groups attached to an aromatic ring is 1. The summed E-state index contributed by atoms with van der Waals surface area (Å²) < 4.78 is 10.6. The van der Waals surface area contributed by atoms with Crippen molar-refractivity contribution in [3.8, 4) is 11.5 Å². The second-order valence-corrected chi connectivity index (χ2v) is 3.95. The van der Waals surface area contributed by atoms with Crippen LogP contribution in [0.5, 0.6) is 11.5 Å². The van der Waals surface area contributed by atoms with Crippen molar-refractivity contribution in [2.75, 3.05) is 20.0 Å². The van der Waals surface area contributed by atoms with Crippen LogP contribution >= 0.6 is 0 Å². The molecule has 1 atom stereocenters. The van der Waals surface area contributed by atoms with Crippen molar-refractivity contribution in [3.63, 3.8) is 0 Å². The maximum Gasteiger partial charge on any atom is 0.124 e. The SMILES string of the molecule is COc1ccc(OC)c(C(NN)c2cn[nH]c2N)c1. The van der Waals surface area contributed by atoms with Gasteiger partial charge in [-0.2, -0.15) is 5.10 Å². The largest absolute Gasteiger partial charge is 0.497 e. The molecule has 0 saturated carbocycles. The number of methoxy groups -OCH3 is 2. The standard InChI is InChI=1S/C12H17N5O2/c1-18-7-3-4-10(19-2)8(5-7)11(16-14)9-6-15-17-12(9)13/h3-6,11,16H,14H2,1-2H3,(H3,13,15,17). The average Bonchev–Trinajstić information content (AvgIpc) is 2.86. The predicted molar refractivity (Wildman–Crippen MR) is 71.7 cm³/mol. The number of ether oxygens (including phenoxy) is 2. The van der Waals surface area contributed by atoms with Gasteiger partial charge in [-0.15, -0.1) is 0 Å². The Labute approximate surface area is 110 Å². The summed E-state index contributed by atoms with van der Waals surface area (Å²) in [5.74, 6) is 7.48. The van der Waals surface area contributed by atoms with Crippen LogP contribution in [0, 0.1) is 0 Å². The molecule has 0 aliphatic carbocycles. The van der Waals surface area contributed by atoms with Crippen molar-refractivity contribution < 1.29 is 9.47 Å². The van der Waals surface area contributed by atoms with Gasteiger partial charge in [0, 0.05) is 11.1 Å². The number of anilines is 1. The molecule has 6 N–H and O–H groups in total. The molecule has 0 aliphatic rings. The van der Waals surface area contributed by atoms with Gasteiger partial charge < -0.3 is 15.2 Å². The van der Waals surface area contributed by atoms with Crippen LogP contribution in [-0.4, -0.2) is 24.4 Å². The van der Waals surface area contributed by atoms with E-state index < -0.39 is 0 Å². The number of nitrogens with zero attached hydrogens (tertiary/aromatic N) is 1. The Morgan fingerprint density at radius 2 is 2.05 bits per heavy atom. The number of nitrogens with two attached hydrogens (primary N) is 2. The highest BCUT2D eigenvalue weighted by molar-refractivity contribution is 5.50. The van der Waals surface area contributed by atoms with Crippen LogP contribution in [0.4, 0.5) is 5.82 Å². The smallest absolute Gasteiger partial charge is 0.124 e. The predicted octanol–water partition coefficient (Wildman–Crippen LogP) is 0.562. The van der Waals surface area contributed by atoms with E-state index >= 15 is 0 Å². The Balaban J connectivity index is 2.51. The molecule has 0 fully saturated rings. The zero-order valence-electron chi connectivity index (χ0n) is 10.8. The Morgan fingerprint density at radius 3 is 2.58 bits per heavy atom. The molecule has 0 radical (unpaired) electrons. The monoisotopic (exact) mass is 263 g/mol. The van der Waals surface area contributed by atoms with Crippen molar-refractivity contribution in [3.05, 3.63) is 35.5 Å². The lowest BCUT2D eigenvalue weighted by molar-refractivity contribution is 0.394. The van der Waals surface area contributed by atoms with Gasteiger partial charge in [-0.3, -0.25) is 10.9 Å². The summed E-state index contributed by atoms with van der Waals surface area (Å²) in [6.07, 6.45) is 1.62. The molecule has 1 aromatic carbocycles. The number of hydrazine groups is 1. The average molecular weight is 263 g/mol. The third-order valence-electron chi connectivity index (χ3n) is 2.93. The van der Waals surface area contributed by atoms with Crippen molar-refractivity contribution in [1.29, 1.82) is 0 Å². The first-order valence-corrected chi connectivity index (χ1v) is 5.68. The number of H-pyrrole nitrogens is 1. The summed E-state index contributed by atoms with van der Waals surface area (Å²) in [6.45, 7) is 0. The second kappa shape index (κ2) is 5.59. The number of hydrogen-bond donors (Lipinski definition) is 4. The molecule has 2 aromatic rings. The van der Waals surface area contributed by atoms with E-state index in [1.807, 2.05) is 18.2 Å². The number of aromatic amines is 1. The van der Waals surface area contributed by atoms with Crippen LogP contribution in [-0.2, 0) is 0 Å². The molecule has 0 spiro atoms. The molecule has 2 rings (SSSR count). The van der Waals surface area contributed by atoms with Crippen LogP contribution in [0.15, 0.2) is 24.4 Å². The fourth-order valence-electron chi connectivity index (χ4n) is 1.95. The van der Waals surface area contributed by atoms with Gasteiger partial charge in [-0.05, 0) is 18.2 Å². The summed E-state index contributed by atoms with van der Waals surface area (Å²) in [5.41, 5.74) is 10.1. The topological polar surface area (TPSA) is 111 Å². The van der Waals surface area contributed by atoms with Crippen LogP contribution in [0.2, 0.25) is 0 Å². The lowest BCUT2D eigenvalue weighted by atomic mass is 10.00. The first-order valence-electron chi connectivity index (χ1n) is 5.68. The lowest BCUT2D eigenvalue weighted by Crippen LogP contribution is -2.29. The van der Waals surface area contributed by atoms with Gasteiger partial charge in [-0.1, -0.05) is 0 Å². The van der Waals surface area contributed by atoms with Crippen LogP contribution in [0.25, 0.3) is 0 Å². The van der Waals surface area contributed by atoms with Gasteiger partial charge in [0.25, 0.3) is 0 Å². The van der Waals surface area contributed by atoms with E-state index in [1.165, 1.54) is 0 Å². The summed E-state index contributed by atoms with van der Waals surface area (Å²) in [7, 11) is 3.19. The highest BCUT2D eigenvalue weighted by atomic mass is 16.5. The molecule has 0 bridgehead atoms. The summed E-state index contributed by atoms with van der Waals surface area (Å²) >= 11 is 0. The number of nitrogens with one attached hydrogen (secondary N) is 2. The van der Waals surface area contributed by atoms with Gasteiger partial charge in [0.1, 0.15) is 17.3 Å². The highest BCUT2D eigenvalue weighted by Crippen LogP contribution is 2.34. The van der Waals surface area contributed by atoms with E-state index in [2.05, 4.69) is 15.6 Å². The Hall–Kier alpha value is -2.25. The summed E-state index contributed by atoms with van der Waals surface area (Å²) in [6, 6.07) is 5.13. The number of aromatic nitrogens is 2. The molecule has 1 unspecified atom stereocenters. The van der Waals surface area contributed by atoms with E-state index in [4.69, 9.17) is 21.1 Å². The van der Waals surface area contributed by atoms with E-state index in [1.54, 1.807) is 20.4 Å². The fraction of sp³-hybridized carbons (Fsp3) is 0.250. The zero-order chi connectivity index (χ0) is 13.8. The molecule has 0 aliphatic heterocycles. The number of hydrogen-bond acceptors (Lipinski definition) is 6. The minimum absolute atomic E-state index is 0.344. The van der Waals surface area contributed by atoms with Crippen molar-refractivity contribution >= 4 is 5.82 Å². The normalized spacial score (nSPS) is 12.2. The summed E-state index contributed by atoms with van der Waals surface area (Å²) in [5, 5.41) is 6.58. The van der Waals surface area contributed by atoms with Gasteiger partial charge in [0.2, 0.25) is 0 Å². The quantitative estimate of drug-likeness (QED) is 0.463. The van der Waals surface area contributed by atoms with Crippen LogP contribution in [0.1, 0.15) is 17.2 Å². The minimum atomic E-state index is -0.344. The first-order chi connectivity index (χ1) is 9.21. The van der Waals surface area contributed by atoms with E-state index in [9.17, 15) is 0 Å². The van der Waals surface area contributed by atoms with Gasteiger partial charge >= 0.3 is 0 Å². The van der Waals surface area contributed by atoms with E-state index in [0.717, 1.165) is 11.1 Å². The lowest BCUT2D eigenvalue weighted by Gasteiger charge is -2.19. The number of rotatable bonds is 5. The zero-order valence-corrected chi connectivity index (χ0v) is 10.8. The molecule has 0 amide bonds. The molecule has 0 saturated heterocycles. The molecule has 7 nitrogen and oxygen atoms in total. The van der Waals surface area contributed by atoms with E-state index in [0.29, 0.717) is 17.3 Å². The van der Waals surface area contributed by atoms with E-state index in [-0.39, 0.29) is 6.04 Å². The van der Waals surface area contributed by atoms with Crippen molar-refractivity contribution in [1.82, 2.24) is 15.6 Å². The molecule has 1 aromatic heterocycles. The van der Waals surface area contributed by atoms with Crippen LogP contribution < -0.4 is 26.5 Å². The summed E-state index contributed by atoms with van der Waals surface area (Å²) in [4.78, 5) is 0. The maximum atomic E-state index is 5.83. The highest BCUT2D eigenvalue weighted by Gasteiger charge is 2.21. The first kappa shape index (κ1) is 13.2. The molecule has 1 heterocycles.